The van der Waals surface area contributed by atoms with E-state index in [-0.39, 0.29) is 41.9 Å². The van der Waals surface area contributed by atoms with Crippen molar-refractivity contribution in [2.75, 3.05) is 19.7 Å². The molecule has 3 fully saturated rings. The number of nitrogens with zero attached hydrogens (tertiary/aromatic N) is 1. The molecule has 1 amide bonds. The van der Waals surface area contributed by atoms with E-state index >= 15 is 0 Å². The molecule has 36 heavy (non-hydrogen) atoms. The van der Waals surface area contributed by atoms with Crippen LogP contribution in [0.15, 0.2) is 30.3 Å². The molecule has 0 radical (unpaired) electrons. The van der Waals surface area contributed by atoms with Gasteiger partial charge in [0, 0.05) is 0 Å². The van der Waals surface area contributed by atoms with Crippen LogP contribution in [0.25, 0.3) is 0 Å². The van der Waals surface area contributed by atoms with Gasteiger partial charge in [-0.3, -0.25) is 4.84 Å². The number of ether oxygens (including phenoxy) is 2. The van der Waals surface area contributed by atoms with Crippen molar-refractivity contribution in [2.45, 2.75) is 102 Å². The van der Waals surface area contributed by atoms with Crippen LogP contribution in [0.4, 0.5) is 4.79 Å². The highest BCUT2D eigenvalue weighted by Crippen LogP contribution is 2.50. The molecule has 1 aromatic rings. The van der Waals surface area contributed by atoms with Gasteiger partial charge in [-0.2, -0.15) is 5.06 Å². The lowest BCUT2D eigenvalue weighted by Gasteiger charge is -2.55. The maximum absolute atomic E-state index is 13.1. The first-order chi connectivity index (χ1) is 17.4. The van der Waals surface area contributed by atoms with Gasteiger partial charge in [-0.05, 0) is 27.7 Å². The van der Waals surface area contributed by atoms with Crippen molar-refractivity contribution in [3.8, 4) is 0 Å². The normalized spacial score (nSPS) is 31.8. The number of hydroxylamine groups is 2. The van der Waals surface area contributed by atoms with E-state index in [1.54, 1.807) is 0 Å². The van der Waals surface area contributed by atoms with Crippen molar-refractivity contribution in [2.24, 2.45) is 0 Å². The van der Waals surface area contributed by atoms with E-state index in [1.165, 1.54) is 5.06 Å². The van der Waals surface area contributed by atoms with Crippen LogP contribution >= 0.6 is 0 Å². The summed E-state index contributed by atoms with van der Waals surface area (Å²) < 4.78 is 41.7. The fraction of sp³-hybridized carbons (Fsp3) is 0.731. The molecule has 2 unspecified atom stereocenters. The molecule has 3 aliphatic rings. The van der Waals surface area contributed by atoms with E-state index in [2.05, 4.69) is 55.4 Å². The second-order valence-corrected chi connectivity index (χ2v) is 20.3. The molecule has 10 heteroatoms. The van der Waals surface area contributed by atoms with Gasteiger partial charge in [0.1, 0.15) is 24.4 Å². The van der Waals surface area contributed by atoms with Gasteiger partial charge in [-0.25, -0.2) is 4.79 Å². The van der Waals surface area contributed by atoms with Crippen LogP contribution in [-0.4, -0.2) is 65.8 Å². The van der Waals surface area contributed by atoms with E-state index < -0.39 is 47.6 Å². The highest BCUT2D eigenvalue weighted by atomic mass is 28.5. The Morgan fingerprint density at radius 2 is 1.67 bits per heavy atom. The maximum Gasteiger partial charge on any atom is 0.434 e. The average molecular weight is 540 g/mol. The zero-order valence-electron chi connectivity index (χ0n) is 23.9. The van der Waals surface area contributed by atoms with E-state index in [0.29, 0.717) is 0 Å². The molecular weight excluding hydrogens is 494 g/mol. The minimum absolute atomic E-state index is 0.0541. The predicted octanol–water partition coefficient (Wildman–Crippen LogP) is 5.66. The predicted molar refractivity (Wildman–Crippen MR) is 141 cm³/mol. The molecular formula is C26H43NO7Si2. The summed E-state index contributed by atoms with van der Waals surface area (Å²) in [6, 6.07) is 9.49. The van der Waals surface area contributed by atoms with Crippen LogP contribution < -0.4 is 0 Å². The SMILES string of the molecule is [3H]C1O[C@]23CO[Si](C(C)C)(C(C)C)O[Si](C(C)C)(C(C)C)OC2[C@@H]1ON(C(=O)OCc1ccccc1)C3. The lowest BCUT2D eigenvalue weighted by molar-refractivity contribution is -0.248. The summed E-state index contributed by atoms with van der Waals surface area (Å²) in [6.07, 6.45) is -2.01. The quantitative estimate of drug-likeness (QED) is 0.432. The molecule has 3 heterocycles. The Hall–Kier alpha value is -1.28. The fourth-order valence-corrected chi connectivity index (χ4v) is 16.9. The topological polar surface area (TPSA) is 75.7 Å². The van der Waals surface area contributed by atoms with Crippen molar-refractivity contribution in [1.82, 2.24) is 5.06 Å². The second-order valence-electron chi connectivity index (χ2n) is 11.5. The summed E-state index contributed by atoms with van der Waals surface area (Å²) in [5.41, 5.74) is 0.440. The molecule has 8 nitrogen and oxygen atoms in total. The smallest absolute Gasteiger partial charge is 0.434 e. The Morgan fingerprint density at radius 3 is 2.25 bits per heavy atom. The Morgan fingerprint density at radius 1 is 1.06 bits per heavy atom. The summed E-state index contributed by atoms with van der Waals surface area (Å²) in [5.74, 6) is 0. The average Bonchev–Trinajstić information content (AvgIpc) is 2.97. The van der Waals surface area contributed by atoms with E-state index in [4.69, 9.17) is 28.6 Å². The summed E-state index contributed by atoms with van der Waals surface area (Å²) in [7, 11) is -5.73. The number of hydrogen-bond donors (Lipinski definition) is 0. The zero-order valence-corrected chi connectivity index (χ0v) is 24.9. The van der Waals surface area contributed by atoms with Crippen molar-refractivity contribution >= 4 is 23.2 Å². The number of rotatable bonds is 6. The molecule has 0 N–H and O–H groups in total. The van der Waals surface area contributed by atoms with Crippen LogP contribution in [0.2, 0.25) is 22.2 Å². The number of carbonyl (C=O) groups is 1. The Kier molecular flexibility index (Phi) is 7.66. The molecule has 0 aliphatic carbocycles. The Bertz CT molecular complexity index is 934. The van der Waals surface area contributed by atoms with Gasteiger partial charge in [-0.1, -0.05) is 85.7 Å². The Labute approximate surface area is 219 Å². The first-order valence-corrected chi connectivity index (χ1v) is 17.1. The van der Waals surface area contributed by atoms with Gasteiger partial charge >= 0.3 is 23.2 Å². The maximum atomic E-state index is 13.1. The molecule has 0 aromatic heterocycles. The van der Waals surface area contributed by atoms with Crippen molar-refractivity contribution in [3.05, 3.63) is 35.9 Å². The van der Waals surface area contributed by atoms with Gasteiger partial charge in [0.05, 0.1) is 21.1 Å². The van der Waals surface area contributed by atoms with Crippen molar-refractivity contribution in [3.63, 3.8) is 0 Å². The molecule has 3 aliphatic heterocycles. The Balaban J connectivity index is 1.68. The molecule has 1 aromatic carbocycles. The minimum Gasteiger partial charge on any atom is -0.443 e. The van der Waals surface area contributed by atoms with Crippen molar-refractivity contribution in [1.29, 1.82) is 0 Å². The van der Waals surface area contributed by atoms with Crippen LogP contribution in [0.3, 0.4) is 0 Å². The minimum atomic E-state index is -2.92. The lowest BCUT2D eigenvalue weighted by Crippen LogP contribution is -2.71. The summed E-state index contributed by atoms with van der Waals surface area (Å²) in [4.78, 5) is 19.1. The molecule has 0 spiro atoms. The van der Waals surface area contributed by atoms with E-state index in [1.807, 2.05) is 30.3 Å². The van der Waals surface area contributed by atoms with Crippen LogP contribution in [0, 0.1) is 0 Å². The summed E-state index contributed by atoms with van der Waals surface area (Å²) >= 11 is 0. The van der Waals surface area contributed by atoms with Crippen LogP contribution in [-0.2, 0) is 33.9 Å². The molecule has 4 atom stereocenters. The van der Waals surface area contributed by atoms with Crippen molar-refractivity contribution < 1.29 is 33.4 Å². The first-order valence-electron chi connectivity index (χ1n) is 13.7. The van der Waals surface area contributed by atoms with E-state index in [9.17, 15) is 4.79 Å². The molecule has 3 saturated heterocycles. The molecule has 2 bridgehead atoms. The highest BCUT2D eigenvalue weighted by Gasteiger charge is 2.67. The number of benzene rings is 1. The molecule has 0 saturated carbocycles. The fourth-order valence-electron chi connectivity index (χ4n) is 5.66. The number of hydrogen-bond acceptors (Lipinski definition) is 7. The summed E-state index contributed by atoms with van der Waals surface area (Å²) in [6.45, 7) is 16.6. The third kappa shape index (κ3) is 4.81. The second kappa shape index (κ2) is 10.5. The number of carbonyl (C=O) groups excluding carboxylic acids is 1. The van der Waals surface area contributed by atoms with Gasteiger partial charge in [0.2, 0.25) is 0 Å². The summed E-state index contributed by atoms with van der Waals surface area (Å²) in [5, 5.41) is 1.19. The van der Waals surface area contributed by atoms with Gasteiger partial charge in [-0.15, -0.1) is 0 Å². The largest absolute Gasteiger partial charge is 0.443 e. The van der Waals surface area contributed by atoms with Gasteiger partial charge in [0.15, 0.2) is 0 Å². The third-order valence-electron chi connectivity index (χ3n) is 7.71. The first kappa shape index (κ1) is 26.3. The molecule has 4 rings (SSSR count). The number of amides is 1. The van der Waals surface area contributed by atoms with Gasteiger partial charge in [0.25, 0.3) is 0 Å². The van der Waals surface area contributed by atoms with Gasteiger partial charge < -0.3 is 22.4 Å². The van der Waals surface area contributed by atoms with E-state index in [0.717, 1.165) is 5.56 Å². The zero-order chi connectivity index (χ0) is 27.2. The lowest BCUT2D eigenvalue weighted by atomic mass is 9.95. The molecule has 202 valence electrons. The monoisotopic (exact) mass is 539 g/mol. The third-order valence-corrected chi connectivity index (χ3v) is 17.9. The van der Waals surface area contributed by atoms with Crippen LogP contribution in [0.5, 0.6) is 0 Å². The highest BCUT2D eigenvalue weighted by molar-refractivity contribution is 6.84. The van der Waals surface area contributed by atoms with Crippen LogP contribution in [0.1, 0.15) is 62.3 Å². The standard InChI is InChI=1S/C26H43NO7Si2/c1-18(2)35(19(3)4)31-17-26-16-27(25(28)29-14-22-12-10-9-11-13-22)32-23(15-30-26)24(26)33-36(34-35,20(5)6)21(7)8/h9-13,18-21,23-24H,14-17H2,1-8H3/t23-,24?,26-/m1/s1/i15T/t15?,23-,24?,26-.